The smallest absolute Gasteiger partial charge is 0.344 e. The van der Waals surface area contributed by atoms with Crippen molar-refractivity contribution in [2.24, 2.45) is 11.3 Å². The molecular formula is C20H21F3N4O2. The maximum absolute atomic E-state index is 12.4. The van der Waals surface area contributed by atoms with Crippen LogP contribution in [0.25, 0.3) is 11.2 Å². The molecule has 1 aliphatic heterocycles. The van der Waals surface area contributed by atoms with Gasteiger partial charge in [0.25, 0.3) is 0 Å². The number of halogens is 3. The Labute approximate surface area is 165 Å². The molecule has 2 aliphatic rings. The van der Waals surface area contributed by atoms with E-state index in [4.69, 9.17) is 0 Å². The predicted octanol–water partition coefficient (Wildman–Crippen LogP) is 3.45. The van der Waals surface area contributed by atoms with E-state index in [-0.39, 0.29) is 22.8 Å². The van der Waals surface area contributed by atoms with Crippen LogP contribution in [0.3, 0.4) is 0 Å². The summed E-state index contributed by atoms with van der Waals surface area (Å²) in [5.74, 6) is -0.452. The lowest BCUT2D eigenvalue weighted by molar-refractivity contribution is -0.133. The maximum atomic E-state index is 12.4. The van der Waals surface area contributed by atoms with E-state index in [2.05, 4.69) is 21.5 Å². The molecule has 1 unspecified atom stereocenters. The minimum atomic E-state index is -4.38. The van der Waals surface area contributed by atoms with Gasteiger partial charge >= 0.3 is 6.18 Å². The summed E-state index contributed by atoms with van der Waals surface area (Å²) >= 11 is 0. The van der Waals surface area contributed by atoms with Gasteiger partial charge in [-0.1, -0.05) is 6.58 Å². The summed E-state index contributed by atoms with van der Waals surface area (Å²) in [6.07, 6.45) is 0.865. The first-order chi connectivity index (χ1) is 13.7. The average Bonchev–Trinajstić information content (AvgIpc) is 3.19. The summed E-state index contributed by atoms with van der Waals surface area (Å²) in [7, 11) is 0. The molecule has 1 amide bonds. The summed E-state index contributed by atoms with van der Waals surface area (Å²) < 4.78 is 37.3. The number of aromatic amines is 1. The Morgan fingerprint density at radius 2 is 2.14 bits per heavy atom. The largest absolute Gasteiger partial charge is 0.389 e. The van der Waals surface area contributed by atoms with Gasteiger partial charge < -0.3 is 9.88 Å². The van der Waals surface area contributed by atoms with Crippen molar-refractivity contribution in [2.45, 2.75) is 38.3 Å². The highest BCUT2D eigenvalue weighted by molar-refractivity contribution is 6.05. The van der Waals surface area contributed by atoms with E-state index in [1.165, 1.54) is 12.3 Å². The Morgan fingerprint density at radius 3 is 2.79 bits per heavy atom. The zero-order valence-corrected chi connectivity index (χ0v) is 15.8. The van der Waals surface area contributed by atoms with E-state index in [1.807, 2.05) is 0 Å². The van der Waals surface area contributed by atoms with Crippen molar-refractivity contribution in [2.75, 3.05) is 13.1 Å². The molecule has 4 rings (SSSR count). The van der Waals surface area contributed by atoms with Gasteiger partial charge in [-0.2, -0.15) is 13.2 Å². The minimum Gasteiger partial charge on any atom is -0.344 e. The van der Waals surface area contributed by atoms with Crippen molar-refractivity contribution in [3.8, 4) is 0 Å². The molecule has 0 aromatic carbocycles. The molecule has 1 spiro atoms. The summed E-state index contributed by atoms with van der Waals surface area (Å²) in [6, 6.07) is 0. The van der Waals surface area contributed by atoms with Gasteiger partial charge in [0.05, 0.1) is 23.9 Å². The second kappa shape index (κ2) is 6.96. The summed E-state index contributed by atoms with van der Waals surface area (Å²) in [4.78, 5) is 37.6. The van der Waals surface area contributed by atoms with Crippen molar-refractivity contribution in [1.82, 2.24) is 19.9 Å². The first kappa shape index (κ1) is 19.6. The Bertz CT molecular complexity index is 978. The fourth-order valence-electron chi connectivity index (χ4n) is 4.22. The second-order valence-electron chi connectivity index (χ2n) is 7.99. The number of carbonyl (C=O) groups is 2. The number of nitrogens with one attached hydrogen (secondary N) is 1. The molecule has 1 saturated carbocycles. The number of aromatic nitrogens is 3. The van der Waals surface area contributed by atoms with Gasteiger partial charge in [0.15, 0.2) is 11.4 Å². The fraction of sp³-hybridized carbons (Fsp3) is 0.500. The van der Waals surface area contributed by atoms with Gasteiger partial charge in [-0.3, -0.25) is 9.59 Å². The number of rotatable bonds is 6. The molecule has 1 atom stereocenters. The SMILES string of the molecule is C=CC(=O)N1CC(Cc2cnc3[nH]cc(C(=O)CCC(F)(F)F)c3n2)C2(CC2)C1. The number of ketones is 1. The average molecular weight is 406 g/mol. The molecule has 2 fully saturated rings. The van der Waals surface area contributed by atoms with Crippen molar-refractivity contribution in [1.29, 1.82) is 0 Å². The zero-order valence-electron chi connectivity index (χ0n) is 15.8. The van der Waals surface area contributed by atoms with Crippen LogP contribution in [0.5, 0.6) is 0 Å². The van der Waals surface area contributed by atoms with Crippen LogP contribution in [0.2, 0.25) is 0 Å². The molecular weight excluding hydrogens is 385 g/mol. The molecule has 2 aromatic heterocycles. The second-order valence-corrected chi connectivity index (χ2v) is 7.99. The molecule has 6 nitrogen and oxygen atoms in total. The molecule has 1 N–H and O–H groups in total. The highest BCUT2D eigenvalue weighted by Crippen LogP contribution is 2.57. The topological polar surface area (TPSA) is 79.0 Å². The van der Waals surface area contributed by atoms with E-state index in [0.29, 0.717) is 36.4 Å². The van der Waals surface area contributed by atoms with Crippen LogP contribution in [0.15, 0.2) is 25.0 Å². The van der Waals surface area contributed by atoms with Crippen LogP contribution in [-0.4, -0.2) is 50.8 Å². The van der Waals surface area contributed by atoms with Gasteiger partial charge in [0.1, 0.15) is 5.52 Å². The maximum Gasteiger partial charge on any atom is 0.389 e. The number of carbonyl (C=O) groups excluding carboxylic acids is 2. The van der Waals surface area contributed by atoms with Crippen LogP contribution in [0.4, 0.5) is 13.2 Å². The number of hydrogen-bond acceptors (Lipinski definition) is 4. The van der Waals surface area contributed by atoms with Crippen LogP contribution >= 0.6 is 0 Å². The molecule has 1 aliphatic carbocycles. The lowest BCUT2D eigenvalue weighted by atomic mass is 9.89. The molecule has 154 valence electrons. The molecule has 3 heterocycles. The Morgan fingerprint density at radius 1 is 1.38 bits per heavy atom. The Kier molecular flexibility index (Phi) is 4.71. The number of Topliss-reactive ketones (excluding diaryl/α,β-unsaturated/α-hetero) is 1. The van der Waals surface area contributed by atoms with Gasteiger partial charge in [-0.25, -0.2) is 9.97 Å². The van der Waals surface area contributed by atoms with E-state index in [0.717, 1.165) is 12.8 Å². The lowest BCUT2D eigenvalue weighted by Crippen LogP contribution is -2.27. The number of H-pyrrole nitrogens is 1. The number of hydrogen-bond donors (Lipinski definition) is 1. The lowest BCUT2D eigenvalue weighted by Gasteiger charge is -2.15. The van der Waals surface area contributed by atoms with Crippen LogP contribution in [0, 0.1) is 11.3 Å². The Balaban J connectivity index is 1.53. The highest BCUT2D eigenvalue weighted by atomic mass is 19.4. The Hall–Kier alpha value is -2.71. The van der Waals surface area contributed by atoms with Crippen LogP contribution in [-0.2, 0) is 11.2 Å². The first-order valence-electron chi connectivity index (χ1n) is 9.55. The number of alkyl halides is 3. The third-order valence-corrected chi connectivity index (χ3v) is 6.01. The van der Waals surface area contributed by atoms with Gasteiger partial charge in [0, 0.05) is 25.7 Å². The highest BCUT2D eigenvalue weighted by Gasteiger charge is 2.55. The molecule has 0 radical (unpaired) electrons. The monoisotopic (exact) mass is 406 g/mol. The normalized spacial score (nSPS) is 20.4. The summed E-state index contributed by atoms with van der Waals surface area (Å²) in [5.41, 5.74) is 1.59. The van der Waals surface area contributed by atoms with Gasteiger partial charge in [-0.05, 0) is 36.7 Å². The van der Waals surface area contributed by atoms with Gasteiger partial charge in [0.2, 0.25) is 5.91 Å². The van der Waals surface area contributed by atoms with Crippen molar-refractivity contribution < 1.29 is 22.8 Å². The zero-order chi connectivity index (χ0) is 20.8. The van der Waals surface area contributed by atoms with E-state index in [1.54, 1.807) is 11.1 Å². The van der Waals surface area contributed by atoms with Crippen molar-refractivity contribution in [3.05, 3.63) is 36.3 Å². The van der Waals surface area contributed by atoms with Crippen LogP contribution < -0.4 is 0 Å². The van der Waals surface area contributed by atoms with Crippen molar-refractivity contribution >= 4 is 22.9 Å². The van der Waals surface area contributed by atoms with Gasteiger partial charge in [-0.15, -0.1) is 0 Å². The molecule has 1 saturated heterocycles. The molecule has 2 aromatic rings. The number of nitrogens with zero attached hydrogens (tertiary/aromatic N) is 3. The molecule has 0 bridgehead atoms. The van der Waals surface area contributed by atoms with E-state index in [9.17, 15) is 22.8 Å². The molecule has 9 heteroatoms. The van der Waals surface area contributed by atoms with Crippen molar-refractivity contribution in [3.63, 3.8) is 0 Å². The number of amides is 1. The van der Waals surface area contributed by atoms with E-state index < -0.39 is 24.8 Å². The summed E-state index contributed by atoms with van der Waals surface area (Å²) in [5, 5.41) is 0. The fourth-order valence-corrected chi connectivity index (χ4v) is 4.22. The third kappa shape index (κ3) is 3.90. The van der Waals surface area contributed by atoms with Crippen LogP contribution in [0.1, 0.15) is 41.7 Å². The van der Waals surface area contributed by atoms with E-state index >= 15 is 0 Å². The first-order valence-corrected chi connectivity index (χ1v) is 9.55. The third-order valence-electron chi connectivity index (χ3n) is 6.01. The standard InChI is InChI=1S/C20H21F3N4O2/c1-2-16(29)27-10-12(19(11-27)5-6-19)7-13-8-24-18-17(26-13)14(9-25-18)15(28)3-4-20(21,22)23/h2,8-9,12H,1,3-7,10-11H2,(H,24,25). The number of likely N-dealkylation sites (tertiary alicyclic amines) is 1. The minimum absolute atomic E-state index is 0.0801. The number of fused-ring (bicyclic) bond motifs is 1. The quantitative estimate of drug-likeness (QED) is 0.589. The predicted molar refractivity (Wildman–Crippen MR) is 99.1 cm³/mol. The summed E-state index contributed by atoms with van der Waals surface area (Å²) in [6.45, 7) is 4.88. The molecule has 29 heavy (non-hydrogen) atoms.